The Balaban J connectivity index is 2.39. The molecule has 0 aromatic heterocycles. The highest BCUT2D eigenvalue weighted by molar-refractivity contribution is 8.00. The van der Waals surface area contributed by atoms with Crippen LogP contribution < -0.4 is 10.1 Å². The van der Waals surface area contributed by atoms with Crippen LogP contribution in [-0.2, 0) is 16.1 Å². The second-order valence-electron chi connectivity index (χ2n) is 3.70. The van der Waals surface area contributed by atoms with Gasteiger partial charge in [-0.05, 0) is 13.0 Å². The highest BCUT2D eigenvalue weighted by Gasteiger charge is 2.06. The maximum atomic E-state index is 11.5. The van der Waals surface area contributed by atoms with Gasteiger partial charge in [0.2, 0.25) is 5.91 Å². The lowest BCUT2D eigenvalue weighted by molar-refractivity contribution is -0.133. The van der Waals surface area contributed by atoms with Crippen molar-refractivity contribution in [2.75, 3.05) is 18.1 Å². The smallest absolute Gasteiger partial charge is 0.313 e. The minimum atomic E-state index is -0.917. The van der Waals surface area contributed by atoms with Crippen LogP contribution in [-0.4, -0.2) is 35.1 Å². The summed E-state index contributed by atoms with van der Waals surface area (Å²) in [6.45, 7) is 2.85. The number of benzene rings is 1. The van der Waals surface area contributed by atoms with Crippen molar-refractivity contribution in [3.05, 3.63) is 29.8 Å². The van der Waals surface area contributed by atoms with E-state index in [9.17, 15) is 9.59 Å². The van der Waals surface area contributed by atoms with E-state index >= 15 is 0 Å². The quantitative estimate of drug-likeness (QED) is 0.756. The van der Waals surface area contributed by atoms with Gasteiger partial charge in [0.25, 0.3) is 0 Å². The van der Waals surface area contributed by atoms with E-state index in [2.05, 4.69) is 5.32 Å². The first-order valence-electron chi connectivity index (χ1n) is 5.90. The fraction of sp³-hybridized carbons (Fsp3) is 0.385. The Hall–Kier alpha value is -1.69. The molecule has 104 valence electrons. The average molecular weight is 283 g/mol. The number of carbonyl (C=O) groups excluding carboxylic acids is 1. The van der Waals surface area contributed by atoms with Crippen molar-refractivity contribution in [2.24, 2.45) is 0 Å². The summed E-state index contributed by atoms with van der Waals surface area (Å²) in [5.74, 6) is -0.271. The van der Waals surface area contributed by atoms with Gasteiger partial charge in [-0.25, -0.2) is 0 Å². The molecule has 6 heteroatoms. The van der Waals surface area contributed by atoms with E-state index in [0.29, 0.717) is 13.2 Å². The molecule has 0 radical (unpaired) electrons. The molecule has 1 amide bonds. The molecule has 0 saturated heterocycles. The zero-order valence-electron chi connectivity index (χ0n) is 10.7. The van der Waals surface area contributed by atoms with Crippen LogP contribution in [0.15, 0.2) is 24.3 Å². The third-order valence-corrected chi connectivity index (χ3v) is 3.12. The molecule has 19 heavy (non-hydrogen) atoms. The number of carboxylic acids is 1. The van der Waals surface area contributed by atoms with Crippen molar-refractivity contribution in [1.82, 2.24) is 5.32 Å². The van der Waals surface area contributed by atoms with E-state index in [-0.39, 0.29) is 17.4 Å². The summed E-state index contributed by atoms with van der Waals surface area (Å²) in [5, 5.41) is 11.2. The number of nitrogens with one attached hydrogen (secondary N) is 1. The summed E-state index contributed by atoms with van der Waals surface area (Å²) in [4.78, 5) is 21.8. The van der Waals surface area contributed by atoms with Gasteiger partial charge in [-0.15, -0.1) is 11.8 Å². The zero-order valence-corrected chi connectivity index (χ0v) is 11.5. The van der Waals surface area contributed by atoms with Crippen LogP contribution in [0.4, 0.5) is 0 Å². The van der Waals surface area contributed by atoms with Gasteiger partial charge in [0.1, 0.15) is 5.75 Å². The molecule has 1 rings (SSSR count). The number of carbonyl (C=O) groups is 2. The van der Waals surface area contributed by atoms with Crippen LogP contribution in [0.1, 0.15) is 12.5 Å². The maximum absolute atomic E-state index is 11.5. The predicted octanol–water partition coefficient (Wildman–Crippen LogP) is 1.52. The molecule has 2 N–H and O–H groups in total. The largest absolute Gasteiger partial charge is 0.494 e. The lowest BCUT2D eigenvalue weighted by Crippen LogP contribution is -2.25. The molecule has 0 aliphatic heterocycles. The topological polar surface area (TPSA) is 75.6 Å². The molecule has 0 aliphatic carbocycles. The summed E-state index contributed by atoms with van der Waals surface area (Å²) in [6.07, 6.45) is 0. The molecule has 0 atom stereocenters. The Bertz CT molecular complexity index is 436. The Kier molecular flexibility index (Phi) is 6.81. The maximum Gasteiger partial charge on any atom is 0.313 e. The van der Waals surface area contributed by atoms with E-state index in [0.717, 1.165) is 23.1 Å². The molecular formula is C13H17NO4S. The standard InChI is InChI=1S/C13H17NO4S/c1-2-18-11-6-4-3-5-10(11)7-14-12(15)8-19-9-13(16)17/h3-6H,2,7-9H2,1H3,(H,14,15)(H,16,17). The van der Waals surface area contributed by atoms with Gasteiger partial charge in [-0.2, -0.15) is 0 Å². The van der Waals surface area contributed by atoms with Gasteiger partial charge >= 0.3 is 5.97 Å². The van der Waals surface area contributed by atoms with Crippen LogP contribution in [0, 0.1) is 0 Å². The molecular weight excluding hydrogens is 266 g/mol. The SMILES string of the molecule is CCOc1ccccc1CNC(=O)CSCC(=O)O. The van der Waals surface area contributed by atoms with E-state index in [1.165, 1.54) is 0 Å². The summed E-state index contributed by atoms with van der Waals surface area (Å²) >= 11 is 1.08. The number of aliphatic carboxylic acids is 1. The lowest BCUT2D eigenvalue weighted by atomic mass is 10.2. The molecule has 1 aromatic rings. The van der Waals surface area contributed by atoms with Crippen molar-refractivity contribution >= 4 is 23.6 Å². The summed E-state index contributed by atoms with van der Waals surface area (Å²) < 4.78 is 5.45. The summed E-state index contributed by atoms with van der Waals surface area (Å²) in [6, 6.07) is 7.49. The molecule has 0 heterocycles. The van der Waals surface area contributed by atoms with Gasteiger partial charge in [0.15, 0.2) is 0 Å². The van der Waals surface area contributed by atoms with Crippen molar-refractivity contribution in [3.8, 4) is 5.75 Å². The Morgan fingerprint density at radius 2 is 2.05 bits per heavy atom. The lowest BCUT2D eigenvalue weighted by Gasteiger charge is -2.10. The first-order chi connectivity index (χ1) is 9.13. The molecule has 0 aliphatic rings. The summed E-state index contributed by atoms with van der Waals surface area (Å²) in [5.41, 5.74) is 0.904. The van der Waals surface area contributed by atoms with Crippen LogP contribution in [0.5, 0.6) is 5.75 Å². The van der Waals surface area contributed by atoms with E-state index in [4.69, 9.17) is 9.84 Å². The van der Waals surface area contributed by atoms with E-state index < -0.39 is 5.97 Å². The van der Waals surface area contributed by atoms with Gasteiger partial charge in [0.05, 0.1) is 18.1 Å². The van der Waals surface area contributed by atoms with Crippen LogP contribution in [0.3, 0.4) is 0 Å². The third kappa shape index (κ3) is 6.15. The van der Waals surface area contributed by atoms with E-state index in [1.54, 1.807) is 0 Å². The average Bonchev–Trinajstić information content (AvgIpc) is 2.37. The highest BCUT2D eigenvalue weighted by atomic mass is 32.2. The van der Waals surface area contributed by atoms with Gasteiger partial charge in [-0.1, -0.05) is 18.2 Å². The highest BCUT2D eigenvalue weighted by Crippen LogP contribution is 2.17. The number of para-hydroxylation sites is 1. The van der Waals surface area contributed by atoms with E-state index in [1.807, 2.05) is 31.2 Å². The minimum Gasteiger partial charge on any atom is -0.494 e. The molecule has 0 bridgehead atoms. The van der Waals surface area contributed by atoms with Crippen molar-refractivity contribution < 1.29 is 19.4 Å². The monoisotopic (exact) mass is 283 g/mol. The van der Waals surface area contributed by atoms with Gasteiger partial charge in [-0.3, -0.25) is 9.59 Å². The van der Waals surface area contributed by atoms with Gasteiger partial charge < -0.3 is 15.2 Å². The first-order valence-corrected chi connectivity index (χ1v) is 7.06. The minimum absolute atomic E-state index is 0.0665. The third-order valence-electron chi connectivity index (χ3n) is 2.21. The molecule has 1 aromatic carbocycles. The molecule has 0 fully saturated rings. The second-order valence-corrected chi connectivity index (χ2v) is 4.69. The molecule has 0 spiro atoms. The van der Waals surface area contributed by atoms with Crippen LogP contribution >= 0.6 is 11.8 Å². The summed E-state index contributed by atoms with van der Waals surface area (Å²) in [7, 11) is 0. The number of ether oxygens (including phenoxy) is 1. The number of rotatable bonds is 8. The second kappa shape index (κ2) is 8.42. The molecule has 0 unspecified atom stereocenters. The molecule has 0 saturated carbocycles. The zero-order chi connectivity index (χ0) is 14.1. The Labute approximate surface area is 116 Å². The van der Waals surface area contributed by atoms with Crippen LogP contribution in [0.25, 0.3) is 0 Å². The van der Waals surface area contributed by atoms with Crippen molar-refractivity contribution in [2.45, 2.75) is 13.5 Å². The number of thioether (sulfide) groups is 1. The van der Waals surface area contributed by atoms with Crippen molar-refractivity contribution in [1.29, 1.82) is 0 Å². The normalized spacial score (nSPS) is 9.95. The Morgan fingerprint density at radius 1 is 1.32 bits per heavy atom. The number of amides is 1. The number of hydrogen-bond acceptors (Lipinski definition) is 4. The fourth-order valence-electron chi connectivity index (χ4n) is 1.42. The Morgan fingerprint density at radius 3 is 2.74 bits per heavy atom. The van der Waals surface area contributed by atoms with Crippen LogP contribution in [0.2, 0.25) is 0 Å². The number of carboxylic acid groups (broad SMARTS) is 1. The fourth-order valence-corrected chi connectivity index (χ4v) is 1.99. The number of hydrogen-bond donors (Lipinski definition) is 2. The predicted molar refractivity (Wildman–Crippen MR) is 74.4 cm³/mol. The van der Waals surface area contributed by atoms with Gasteiger partial charge in [0, 0.05) is 12.1 Å². The van der Waals surface area contributed by atoms with Crippen molar-refractivity contribution in [3.63, 3.8) is 0 Å². The first kappa shape index (κ1) is 15.4. The molecule has 5 nitrogen and oxygen atoms in total.